The lowest BCUT2D eigenvalue weighted by Crippen LogP contribution is -2.42. The number of aromatic nitrogens is 1. The molecule has 0 radical (unpaired) electrons. The zero-order valence-corrected chi connectivity index (χ0v) is 17.1. The van der Waals surface area contributed by atoms with Crippen molar-refractivity contribution < 1.29 is 18.8 Å². The first-order valence-corrected chi connectivity index (χ1v) is 10.4. The summed E-state index contributed by atoms with van der Waals surface area (Å²) < 4.78 is 18.8. The number of carbonyl (C=O) groups excluding carboxylic acids is 1. The molecule has 30 heavy (non-hydrogen) atoms. The highest BCUT2D eigenvalue weighted by Crippen LogP contribution is 2.44. The normalized spacial score (nSPS) is 22.2. The Balaban J connectivity index is 1.41. The fourth-order valence-electron chi connectivity index (χ4n) is 5.03. The molecule has 156 valence electrons. The van der Waals surface area contributed by atoms with Gasteiger partial charge in [0.1, 0.15) is 5.82 Å². The standard InChI is InChI=1S/C23H24FN3O3/c1-3-27-22(28)17-5-4-6-18(20(17)23(27,2)29)26-11-9-14(10-12-26)21-16-8-7-15(24)13-19(16)30-25-21/h4-8,13-14,29H,3,9-12H2,1-2H3. The summed E-state index contributed by atoms with van der Waals surface area (Å²) in [5.74, 6) is -0.241. The smallest absolute Gasteiger partial charge is 0.256 e. The molecule has 1 saturated heterocycles. The zero-order chi connectivity index (χ0) is 21.0. The molecule has 0 bridgehead atoms. The Bertz CT molecular complexity index is 1130. The van der Waals surface area contributed by atoms with Crippen LogP contribution in [0, 0.1) is 5.82 Å². The Kier molecular flexibility index (Phi) is 4.32. The lowest BCUT2D eigenvalue weighted by molar-refractivity contribution is -0.0657. The van der Waals surface area contributed by atoms with E-state index >= 15 is 0 Å². The second kappa shape index (κ2) is 6.80. The van der Waals surface area contributed by atoms with Crippen molar-refractivity contribution in [3.8, 4) is 0 Å². The lowest BCUT2D eigenvalue weighted by atomic mass is 9.90. The van der Waals surface area contributed by atoms with Crippen LogP contribution in [-0.2, 0) is 5.72 Å². The summed E-state index contributed by atoms with van der Waals surface area (Å²) in [5, 5.41) is 16.2. The highest BCUT2D eigenvalue weighted by atomic mass is 19.1. The van der Waals surface area contributed by atoms with E-state index in [4.69, 9.17) is 4.52 Å². The van der Waals surface area contributed by atoms with Crippen molar-refractivity contribution in [2.24, 2.45) is 0 Å². The molecule has 3 heterocycles. The summed E-state index contributed by atoms with van der Waals surface area (Å²) in [5.41, 5.74) is 2.21. The third-order valence-electron chi connectivity index (χ3n) is 6.52. The van der Waals surface area contributed by atoms with Gasteiger partial charge in [-0.05, 0) is 51.0 Å². The molecule has 2 aromatic carbocycles. The fraction of sp³-hybridized carbons (Fsp3) is 0.391. The van der Waals surface area contributed by atoms with Gasteiger partial charge in [0.2, 0.25) is 0 Å². The molecule has 1 aromatic heterocycles. The van der Waals surface area contributed by atoms with Crippen LogP contribution in [-0.4, -0.2) is 40.7 Å². The van der Waals surface area contributed by atoms with Gasteiger partial charge in [-0.25, -0.2) is 4.39 Å². The van der Waals surface area contributed by atoms with E-state index in [2.05, 4.69) is 10.1 Å². The van der Waals surface area contributed by atoms with Gasteiger partial charge in [-0.1, -0.05) is 11.2 Å². The second-order valence-corrected chi connectivity index (χ2v) is 8.24. The molecule has 1 fully saturated rings. The van der Waals surface area contributed by atoms with E-state index < -0.39 is 5.72 Å². The third-order valence-corrected chi connectivity index (χ3v) is 6.52. The van der Waals surface area contributed by atoms with E-state index in [9.17, 15) is 14.3 Å². The summed E-state index contributed by atoms with van der Waals surface area (Å²) in [6.45, 7) is 5.55. The minimum atomic E-state index is -1.32. The molecule has 5 rings (SSSR count). The van der Waals surface area contributed by atoms with Crippen LogP contribution < -0.4 is 4.90 Å². The first-order valence-electron chi connectivity index (χ1n) is 10.4. The lowest BCUT2D eigenvalue weighted by Gasteiger charge is -2.37. The first-order chi connectivity index (χ1) is 14.4. The number of carbonyl (C=O) groups is 1. The number of hydrogen-bond donors (Lipinski definition) is 1. The number of amides is 1. The van der Waals surface area contributed by atoms with Crippen molar-refractivity contribution in [2.75, 3.05) is 24.5 Å². The summed E-state index contributed by atoms with van der Waals surface area (Å²) in [4.78, 5) is 16.5. The van der Waals surface area contributed by atoms with Crippen LogP contribution in [0.15, 0.2) is 40.9 Å². The largest absolute Gasteiger partial charge is 0.371 e. The molecule has 0 spiro atoms. The Morgan fingerprint density at radius 3 is 2.77 bits per heavy atom. The Hall–Kier alpha value is -2.93. The Morgan fingerprint density at radius 1 is 1.27 bits per heavy atom. The SMILES string of the molecule is CCN1C(=O)c2cccc(N3CCC(c4noc5cc(F)ccc45)CC3)c2C1(C)O. The van der Waals surface area contributed by atoms with E-state index in [1.165, 1.54) is 17.0 Å². The maximum Gasteiger partial charge on any atom is 0.256 e. The molecule has 1 amide bonds. The number of anilines is 1. The van der Waals surface area contributed by atoms with Crippen LogP contribution in [0.5, 0.6) is 0 Å². The van der Waals surface area contributed by atoms with Crippen molar-refractivity contribution in [1.29, 1.82) is 0 Å². The zero-order valence-electron chi connectivity index (χ0n) is 17.1. The molecule has 1 N–H and O–H groups in total. The number of rotatable bonds is 3. The second-order valence-electron chi connectivity index (χ2n) is 8.24. The average molecular weight is 409 g/mol. The molecule has 0 aliphatic carbocycles. The van der Waals surface area contributed by atoms with Gasteiger partial charge in [-0.2, -0.15) is 0 Å². The maximum atomic E-state index is 13.4. The highest BCUT2D eigenvalue weighted by Gasteiger charge is 2.46. The predicted molar refractivity (Wildman–Crippen MR) is 111 cm³/mol. The maximum absolute atomic E-state index is 13.4. The summed E-state index contributed by atoms with van der Waals surface area (Å²) >= 11 is 0. The van der Waals surface area contributed by atoms with E-state index in [0.717, 1.165) is 42.7 Å². The number of halogens is 1. The highest BCUT2D eigenvalue weighted by molar-refractivity contribution is 6.01. The van der Waals surface area contributed by atoms with Crippen molar-refractivity contribution in [2.45, 2.75) is 38.3 Å². The number of fused-ring (bicyclic) bond motifs is 2. The average Bonchev–Trinajstić information content (AvgIpc) is 3.24. The van der Waals surface area contributed by atoms with Gasteiger partial charge in [0.15, 0.2) is 11.3 Å². The minimum Gasteiger partial charge on any atom is -0.371 e. The van der Waals surface area contributed by atoms with Gasteiger partial charge in [-0.15, -0.1) is 0 Å². The third kappa shape index (κ3) is 2.72. The van der Waals surface area contributed by atoms with Crippen LogP contribution in [0.1, 0.15) is 54.2 Å². The van der Waals surface area contributed by atoms with Crippen LogP contribution in [0.3, 0.4) is 0 Å². The van der Waals surface area contributed by atoms with Gasteiger partial charge in [0, 0.05) is 53.8 Å². The van der Waals surface area contributed by atoms with Gasteiger partial charge < -0.3 is 19.4 Å². The van der Waals surface area contributed by atoms with Gasteiger partial charge in [-0.3, -0.25) is 4.79 Å². The fourth-order valence-corrected chi connectivity index (χ4v) is 5.03. The van der Waals surface area contributed by atoms with Gasteiger partial charge in [0.05, 0.1) is 5.69 Å². The number of hydrogen-bond acceptors (Lipinski definition) is 5. The van der Waals surface area contributed by atoms with E-state index in [1.807, 2.05) is 19.1 Å². The van der Waals surface area contributed by atoms with Crippen LogP contribution >= 0.6 is 0 Å². The number of nitrogens with zero attached hydrogens (tertiary/aromatic N) is 3. The van der Waals surface area contributed by atoms with E-state index in [-0.39, 0.29) is 17.6 Å². The Morgan fingerprint density at radius 2 is 2.03 bits per heavy atom. The van der Waals surface area contributed by atoms with Crippen LogP contribution in [0.25, 0.3) is 11.0 Å². The van der Waals surface area contributed by atoms with Crippen LogP contribution in [0.4, 0.5) is 10.1 Å². The number of aliphatic hydroxyl groups is 1. The molecular formula is C23H24FN3O3. The molecule has 1 atom stereocenters. The van der Waals surface area contributed by atoms with Crippen molar-refractivity contribution in [3.05, 3.63) is 59.0 Å². The molecular weight excluding hydrogens is 385 g/mol. The molecule has 0 saturated carbocycles. The van der Waals surface area contributed by atoms with Gasteiger partial charge in [0.25, 0.3) is 5.91 Å². The predicted octanol–water partition coefficient (Wildman–Crippen LogP) is 3.99. The topological polar surface area (TPSA) is 69.8 Å². The van der Waals surface area contributed by atoms with Crippen molar-refractivity contribution in [3.63, 3.8) is 0 Å². The molecule has 3 aromatic rings. The number of benzene rings is 2. The monoisotopic (exact) mass is 409 g/mol. The first kappa shape index (κ1) is 19.1. The molecule has 6 nitrogen and oxygen atoms in total. The summed E-state index contributed by atoms with van der Waals surface area (Å²) in [6.07, 6.45) is 1.71. The molecule has 1 unspecified atom stereocenters. The van der Waals surface area contributed by atoms with Gasteiger partial charge >= 0.3 is 0 Å². The Labute approximate surface area is 173 Å². The summed E-state index contributed by atoms with van der Waals surface area (Å²) in [6, 6.07) is 10.2. The minimum absolute atomic E-state index is 0.129. The molecule has 2 aliphatic rings. The van der Waals surface area contributed by atoms with E-state index in [0.29, 0.717) is 23.3 Å². The van der Waals surface area contributed by atoms with Crippen LogP contribution in [0.2, 0.25) is 0 Å². The van der Waals surface area contributed by atoms with Crippen molar-refractivity contribution in [1.82, 2.24) is 10.1 Å². The molecule has 7 heteroatoms. The van der Waals surface area contributed by atoms with Crippen molar-refractivity contribution >= 4 is 22.6 Å². The van der Waals surface area contributed by atoms with E-state index in [1.54, 1.807) is 19.1 Å². The summed E-state index contributed by atoms with van der Waals surface area (Å²) in [7, 11) is 0. The molecule has 2 aliphatic heterocycles. The quantitative estimate of drug-likeness (QED) is 0.708. The number of piperidine rings is 1.